The molecule has 4 amide bonds. The first-order valence-electron chi connectivity index (χ1n) is 17.6. The number of hydrogen-bond acceptors (Lipinski definition) is 8. The fourth-order valence-corrected chi connectivity index (χ4v) is 9.24. The molecule has 3 N–H and O–H groups in total. The van der Waals surface area contributed by atoms with Crippen molar-refractivity contribution < 1.29 is 32.3 Å². The van der Waals surface area contributed by atoms with Crippen LogP contribution in [0.1, 0.15) is 65.7 Å². The van der Waals surface area contributed by atoms with Crippen LogP contribution in [0.5, 0.6) is 0 Å². The van der Waals surface area contributed by atoms with Gasteiger partial charge in [-0.25, -0.2) is 13.2 Å². The van der Waals surface area contributed by atoms with E-state index >= 15 is 0 Å². The molecule has 12 nitrogen and oxygen atoms in total. The van der Waals surface area contributed by atoms with E-state index in [1.807, 2.05) is 30.3 Å². The summed E-state index contributed by atoms with van der Waals surface area (Å²) in [6.07, 6.45) is 6.35. The molecule has 14 heteroatoms. The fourth-order valence-electron chi connectivity index (χ4n) is 6.80. The summed E-state index contributed by atoms with van der Waals surface area (Å²) in [4.78, 5) is 56.6. The molecule has 0 spiro atoms. The van der Waals surface area contributed by atoms with Gasteiger partial charge in [0, 0.05) is 23.3 Å². The molecule has 3 aliphatic carbocycles. The summed E-state index contributed by atoms with van der Waals surface area (Å²) >= 11 is 1.33. The molecule has 6 rings (SSSR count). The highest BCUT2D eigenvalue weighted by Crippen LogP contribution is 2.46. The third-order valence-corrected chi connectivity index (χ3v) is 13.0. The van der Waals surface area contributed by atoms with E-state index in [-0.39, 0.29) is 29.4 Å². The van der Waals surface area contributed by atoms with Gasteiger partial charge in [-0.2, -0.15) is 4.31 Å². The Labute approximate surface area is 304 Å². The molecule has 51 heavy (non-hydrogen) atoms. The van der Waals surface area contributed by atoms with Crippen LogP contribution in [-0.4, -0.2) is 83.6 Å². The number of amides is 4. The maximum Gasteiger partial charge on any atom is 0.408 e. The number of nitrogens with one attached hydrogen (secondary N) is 3. The zero-order valence-electron chi connectivity index (χ0n) is 29.3. The minimum Gasteiger partial charge on any atom is -0.446 e. The number of hydrogen-bond donors (Lipinski definition) is 3. The van der Waals surface area contributed by atoms with Gasteiger partial charge in [0.05, 0.1) is 11.6 Å². The first kappa shape index (κ1) is 36.9. The van der Waals surface area contributed by atoms with Crippen LogP contribution in [0.2, 0.25) is 0 Å². The lowest BCUT2D eigenvalue weighted by Gasteiger charge is -2.35. The van der Waals surface area contributed by atoms with Crippen LogP contribution in [0.15, 0.2) is 72.1 Å². The molecule has 4 aliphatic rings. The quantitative estimate of drug-likeness (QED) is 0.211. The summed E-state index contributed by atoms with van der Waals surface area (Å²) in [6, 6.07) is 13.2. The van der Waals surface area contributed by atoms with Crippen molar-refractivity contribution in [3.8, 4) is 11.1 Å². The predicted molar refractivity (Wildman–Crippen MR) is 194 cm³/mol. The molecule has 2 aromatic carbocycles. The van der Waals surface area contributed by atoms with Gasteiger partial charge < -0.3 is 20.3 Å². The lowest BCUT2D eigenvalue weighted by Crippen LogP contribution is -2.60. The number of rotatable bonds is 12. The summed E-state index contributed by atoms with van der Waals surface area (Å²) < 4.78 is 38.5. The normalized spacial score (nSPS) is 24.4. The van der Waals surface area contributed by atoms with Crippen molar-refractivity contribution in [3.63, 3.8) is 0 Å². The number of alkyl carbamates (subject to hydrolysis) is 1. The van der Waals surface area contributed by atoms with E-state index in [0.29, 0.717) is 22.8 Å². The Balaban J connectivity index is 1.31. The lowest BCUT2D eigenvalue weighted by molar-refractivity contribution is -0.142. The Morgan fingerprint density at radius 1 is 1.00 bits per heavy atom. The molecule has 0 unspecified atom stereocenters. The maximum atomic E-state index is 14.6. The van der Waals surface area contributed by atoms with Crippen LogP contribution in [-0.2, 0) is 29.1 Å². The molecule has 0 aromatic heterocycles. The monoisotopic (exact) mass is 737 g/mol. The average Bonchev–Trinajstić information content (AvgIpc) is 3.95. The van der Waals surface area contributed by atoms with Crippen LogP contribution < -0.4 is 15.4 Å². The number of carbonyl (C=O) groups excluding carboxylic acids is 4. The SMILES string of the molecule is C=C[C@@H]1C[C@]1(NC(=O)[C@@H]1CN(S(=O)(=O)c2ccccc2-c2ccccc2)CN1C(=O)[C@@H](NC(=O)OC1CCCC1)C(C)(C)C)C(=O)NSC1CC1. The van der Waals surface area contributed by atoms with Crippen molar-refractivity contribution in [1.82, 2.24) is 24.6 Å². The van der Waals surface area contributed by atoms with Crippen LogP contribution >= 0.6 is 11.9 Å². The van der Waals surface area contributed by atoms with Gasteiger partial charge in [-0.3, -0.25) is 19.1 Å². The van der Waals surface area contributed by atoms with E-state index in [4.69, 9.17) is 4.74 Å². The van der Waals surface area contributed by atoms with Gasteiger partial charge in [0.1, 0.15) is 23.7 Å². The summed E-state index contributed by atoms with van der Waals surface area (Å²) in [5, 5.41) is 5.96. The van der Waals surface area contributed by atoms with E-state index in [1.165, 1.54) is 22.9 Å². The highest BCUT2D eigenvalue weighted by atomic mass is 32.2. The number of ether oxygens (including phenoxy) is 1. The molecular formula is C37H47N5O7S2. The number of sulfonamides is 1. The minimum atomic E-state index is -4.27. The smallest absolute Gasteiger partial charge is 0.408 e. The van der Waals surface area contributed by atoms with Gasteiger partial charge in [-0.1, -0.05) is 75.4 Å². The first-order valence-corrected chi connectivity index (χ1v) is 19.9. The molecule has 3 saturated carbocycles. The van der Waals surface area contributed by atoms with Gasteiger partial charge >= 0.3 is 6.09 Å². The van der Waals surface area contributed by atoms with Gasteiger partial charge in [0.15, 0.2) is 0 Å². The predicted octanol–water partition coefficient (Wildman–Crippen LogP) is 4.58. The van der Waals surface area contributed by atoms with Crippen molar-refractivity contribution in [2.24, 2.45) is 11.3 Å². The largest absolute Gasteiger partial charge is 0.446 e. The maximum absolute atomic E-state index is 14.6. The van der Waals surface area contributed by atoms with Gasteiger partial charge in [-0.15, -0.1) is 6.58 Å². The molecule has 274 valence electrons. The van der Waals surface area contributed by atoms with Gasteiger partial charge in [0.2, 0.25) is 21.8 Å². The van der Waals surface area contributed by atoms with Crippen molar-refractivity contribution in [2.45, 2.75) is 99.6 Å². The Hall–Kier alpha value is -3.88. The van der Waals surface area contributed by atoms with E-state index in [1.54, 1.807) is 45.0 Å². The highest BCUT2D eigenvalue weighted by molar-refractivity contribution is 7.98. The zero-order chi connectivity index (χ0) is 36.6. The zero-order valence-corrected chi connectivity index (χ0v) is 30.9. The van der Waals surface area contributed by atoms with E-state index in [2.05, 4.69) is 21.9 Å². The third kappa shape index (κ3) is 7.97. The molecule has 4 atom stereocenters. The Bertz CT molecular complexity index is 1770. The lowest BCUT2D eigenvalue weighted by atomic mass is 9.85. The fraction of sp³-hybridized carbons (Fsp3) is 0.514. The Kier molecular flexibility index (Phi) is 10.6. The van der Waals surface area contributed by atoms with Crippen LogP contribution in [0.25, 0.3) is 11.1 Å². The second-order valence-corrected chi connectivity index (χ2v) is 18.0. The van der Waals surface area contributed by atoms with Crippen LogP contribution in [0.3, 0.4) is 0 Å². The summed E-state index contributed by atoms with van der Waals surface area (Å²) in [5.41, 5.74) is -0.945. The van der Waals surface area contributed by atoms with E-state index in [0.717, 1.165) is 42.8 Å². The van der Waals surface area contributed by atoms with Crippen molar-refractivity contribution >= 4 is 45.8 Å². The van der Waals surface area contributed by atoms with Gasteiger partial charge in [0.25, 0.3) is 5.91 Å². The number of nitrogens with zero attached hydrogens (tertiary/aromatic N) is 2. The standard InChI is InChI=1S/C37H47N5O7S2/c1-5-25-21-37(25,34(45)40-50-27-19-20-27)39-32(43)29-22-41(51(47,48)30-18-12-11-17-28(30)24-13-7-6-8-14-24)23-42(29)33(44)31(36(2,3)4)38-35(46)49-26-15-9-10-16-26/h5-8,11-14,17-18,25-27,29,31H,1,9-10,15-16,19-23H2,2-4H3,(H,38,46)(H,39,43)(H,40,45)/t25-,29+,31-,37-/m1/s1. The molecule has 1 heterocycles. The Morgan fingerprint density at radius 3 is 2.29 bits per heavy atom. The molecule has 0 radical (unpaired) electrons. The summed E-state index contributed by atoms with van der Waals surface area (Å²) in [6.45, 7) is 8.35. The number of carbonyl (C=O) groups is 4. The molecular weight excluding hydrogens is 691 g/mol. The minimum absolute atomic E-state index is 0.0251. The molecule has 1 saturated heterocycles. The van der Waals surface area contributed by atoms with Crippen LogP contribution in [0.4, 0.5) is 4.79 Å². The van der Waals surface area contributed by atoms with E-state index in [9.17, 15) is 27.6 Å². The molecule has 4 fully saturated rings. The molecule has 0 bridgehead atoms. The molecule has 1 aliphatic heterocycles. The number of benzene rings is 2. The third-order valence-electron chi connectivity index (χ3n) is 10.1. The van der Waals surface area contributed by atoms with Crippen molar-refractivity contribution in [1.29, 1.82) is 0 Å². The summed E-state index contributed by atoms with van der Waals surface area (Å²) in [7, 11) is -4.27. The topological polar surface area (TPSA) is 154 Å². The van der Waals surface area contributed by atoms with Crippen molar-refractivity contribution in [3.05, 3.63) is 67.3 Å². The Morgan fingerprint density at radius 2 is 1.67 bits per heavy atom. The first-order chi connectivity index (χ1) is 24.2. The second-order valence-electron chi connectivity index (χ2n) is 15.0. The van der Waals surface area contributed by atoms with E-state index < -0.39 is 57.6 Å². The summed E-state index contributed by atoms with van der Waals surface area (Å²) in [5.74, 6) is -2.01. The second kappa shape index (κ2) is 14.6. The van der Waals surface area contributed by atoms with Crippen LogP contribution in [0, 0.1) is 11.3 Å². The molecule has 2 aromatic rings. The average molecular weight is 738 g/mol. The van der Waals surface area contributed by atoms with Gasteiger partial charge in [-0.05, 0) is 73.9 Å². The highest BCUT2D eigenvalue weighted by Gasteiger charge is 2.61. The van der Waals surface area contributed by atoms with Crippen molar-refractivity contribution in [2.75, 3.05) is 13.2 Å².